The van der Waals surface area contributed by atoms with Gasteiger partial charge in [0.15, 0.2) is 0 Å². The lowest BCUT2D eigenvalue weighted by Crippen LogP contribution is -2.61. The van der Waals surface area contributed by atoms with Crippen LogP contribution in [0.1, 0.15) is 230 Å². The van der Waals surface area contributed by atoms with Gasteiger partial charge in [-0.1, -0.05) is 246 Å². The number of nitrogens with zero attached hydrogens (tertiary/aromatic N) is 2. The molecule has 1 spiro atoms. The van der Waals surface area contributed by atoms with Gasteiger partial charge in [-0.3, -0.25) is 0 Å². The fourth-order valence-electron chi connectivity index (χ4n) is 19.4. The molecule has 0 atom stereocenters. The molecule has 0 unspecified atom stereocenters. The van der Waals surface area contributed by atoms with Crippen LogP contribution in [0.4, 0.5) is 0 Å². The minimum Gasteiger partial charge on any atom is -0.310 e. The van der Waals surface area contributed by atoms with E-state index in [2.05, 4.69) is 261 Å². The van der Waals surface area contributed by atoms with Crippen molar-refractivity contribution in [2.45, 2.75) is 212 Å². The molecule has 0 fully saturated rings. The standard InChI is InChI=1S/C83H87BN2/c1-75(2,3)48-31-27-46(28-32-48)62-63-67-56(78(9,10)38-41-81(67,15)16)44-59-73(63)85(70(62)47-29-33-49(34-30-47)76(4,5)6)61-36-35-54-72-69(61)84(59)60-45-57-68(82(17,18)42-39-79(57,11)12)65-64-66-55(77(7,8)37-40-80(66,13)14)43-58(71(64)86(72)74(60)65)83(54)52-25-21-19-23-50(52)51-24-20-22-26-53(51)83/h19-36,43-45H,37-42H2,1-18H3. The number of rotatable bonds is 2. The minimum absolute atomic E-state index is 0.0117. The van der Waals surface area contributed by atoms with Gasteiger partial charge in [0.2, 0.25) is 0 Å². The molecular weight excluding hydrogens is 1040 g/mol. The van der Waals surface area contributed by atoms with E-state index in [1.807, 2.05) is 0 Å². The zero-order valence-electron chi connectivity index (χ0n) is 54.8. The Morgan fingerprint density at radius 1 is 0.372 bits per heavy atom. The highest BCUT2D eigenvalue weighted by atomic mass is 15.1. The number of benzene rings is 8. The van der Waals surface area contributed by atoms with Crippen molar-refractivity contribution in [3.05, 3.63) is 194 Å². The summed E-state index contributed by atoms with van der Waals surface area (Å²) in [5.74, 6) is 0. The largest absolute Gasteiger partial charge is 0.310 e. The van der Waals surface area contributed by atoms with Gasteiger partial charge in [-0.25, -0.2) is 0 Å². The molecule has 7 aliphatic rings. The van der Waals surface area contributed by atoms with Gasteiger partial charge in [-0.05, 0) is 193 Å². The van der Waals surface area contributed by atoms with Gasteiger partial charge >= 0.3 is 0 Å². The lowest BCUT2D eigenvalue weighted by molar-refractivity contribution is 0.333. The molecule has 0 bridgehead atoms. The average Bonchev–Trinajstić information content (AvgIpc) is 1.42. The van der Waals surface area contributed by atoms with Gasteiger partial charge in [-0.2, -0.15) is 0 Å². The molecule has 10 aromatic rings. The van der Waals surface area contributed by atoms with Crippen LogP contribution in [-0.2, 0) is 48.7 Å². The van der Waals surface area contributed by atoms with Crippen LogP contribution >= 0.6 is 0 Å². The molecule has 3 aliphatic heterocycles. The summed E-state index contributed by atoms with van der Waals surface area (Å²) in [6.45, 7) is 45.2. The van der Waals surface area contributed by atoms with E-state index in [9.17, 15) is 0 Å². The van der Waals surface area contributed by atoms with Crippen molar-refractivity contribution in [3.63, 3.8) is 0 Å². The molecule has 17 rings (SSSR count). The van der Waals surface area contributed by atoms with Crippen molar-refractivity contribution in [1.29, 1.82) is 0 Å². The Balaban J connectivity index is 1.16. The zero-order chi connectivity index (χ0) is 60.1. The summed E-state index contributed by atoms with van der Waals surface area (Å²) < 4.78 is 5.82. The highest BCUT2D eigenvalue weighted by Gasteiger charge is 2.58. The van der Waals surface area contributed by atoms with Gasteiger partial charge in [0.25, 0.3) is 6.71 Å². The highest BCUT2D eigenvalue weighted by molar-refractivity contribution is 7.00. The average molecular weight is 1120 g/mol. The number of fused-ring (bicyclic) bond motifs is 17. The third-order valence-electron chi connectivity index (χ3n) is 24.3. The highest BCUT2D eigenvalue weighted by Crippen LogP contribution is 2.66. The van der Waals surface area contributed by atoms with Crippen LogP contribution in [0.5, 0.6) is 0 Å². The molecular formula is C83H87BN2. The van der Waals surface area contributed by atoms with Crippen molar-refractivity contribution in [2.75, 3.05) is 0 Å². The Hall–Kier alpha value is -6.84. The summed E-state index contributed by atoms with van der Waals surface area (Å²) in [6.07, 6.45) is 6.93. The monoisotopic (exact) mass is 1120 g/mol. The van der Waals surface area contributed by atoms with Crippen molar-refractivity contribution >= 4 is 55.8 Å². The fourth-order valence-corrected chi connectivity index (χ4v) is 19.4. The first-order valence-corrected chi connectivity index (χ1v) is 33.0. The first-order valence-electron chi connectivity index (χ1n) is 33.0. The topological polar surface area (TPSA) is 9.86 Å². The first-order chi connectivity index (χ1) is 40.4. The molecule has 4 aliphatic carbocycles. The second-order valence-corrected chi connectivity index (χ2v) is 34.3. The Morgan fingerprint density at radius 3 is 1.28 bits per heavy atom. The molecule has 2 nitrogen and oxygen atoms in total. The van der Waals surface area contributed by atoms with Crippen molar-refractivity contribution in [1.82, 2.24) is 9.13 Å². The maximum Gasteiger partial charge on any atom is 0.252 e. The molecule has 86 heavy (non-hydrogen) atoms. The van der Waals surface area contributed by atoms with Crippen LogP contribution in [0.25, 0.3) is 77.6 Å². The molecule has 0 saturated carbocycles. The van der Waals surface area contributed by atoms with E-state index < -0.39 is 5.41 Å². The smallest absolute Gasteiger partial charge is 0.252 e. The van der Waals surface area contributed by atoms with Crippen LogP contribution in [0.2, 0.25) is 0 Å². The van der Waals surface area contributed by atoms with Crippen molar-refractivity contribution in [2.24, 2.45) is 0 Å². The van der Waals surface area contributed by atoms with Crippen LogP contribution in [-0.4, -0.2) is 15.8 Å². The molecule has 0 N–H and O–H groups in total. The quantitative estimate of drug-likeness (QED) is 0.153. The van der Waals surface area contributed by atoms with Gasteiger partial charge < -0.3 is 9.13 Å². The third-order valence-corrected chi connectivity index (χ3v) is 24.3. The van der Waals surface area contributed by atoms with E-state index in [1.54, 1.807) is 44.2 Å². The van der Waals surface area contributed by atoms with E-state index in [4.69, 9.17) is 0 Å². The molecule has 2 aromatic heterocycles. The SMILES string of the molecule is CC(C)(C)c1ccc(-c2c(-c3ccc(C(C)(C)C)cc3)n3c4c(cc5c(c24)C(C)(C)CCC5(C)C)B2c4c-3ccc3c4-n4c5c2cc2c(c5c5c6c(cc(c54)C34c3ccccc3-c3ccccc34)C(C)(C)CCC6(C)C)C(C)(C)CCC2(C)C)cc1. The summed E-state index contributed by atoms with van der Waals surface area (Å²) >= 11 is 0. The zero-order valence-corrected chi connectivity index (χ0v) is 54.8. The molecule has 8 aromatic carbocycles. The van der Waals surface area contributed by atoms with Gasteiger partial charge in [0, 0.05) is 44.1 Å². The lowest BCUT2D eigenvalue weighted by Gasteiger charge is -2.47. The van der Waals surface area contributed by atoms with Crippen LogP contribution in [0.15, 0.2) is 127 Å². The number of hydrogen-bond donors (Lipinski definition) is 0. The Kier molecular flexibility index (Phi) is 9.98. The molecule has 0 saturated heterocycles. The minimum atomic E-state index is -0.580. The third kappa shape index (κ3) is 6.37. The molecule has 5 heterocycles. The summed E-state index contributed by atoms with van der Waals surface area (Å²) in [6, 6.07) is 52.7. The molecule has 0 amide bonds. The second-order valence-electron chi connectivity index (χ2n) is 34.3. The maximum absolute atomic E-state index is 2.96. The number of hydrogen-bond acceptors (Lipinski definition) is 0. The summed E-state index contributed by atoms with van der Waals surface area (Å²) in [4.78, 5) is 0. The molecule has 3 heteroatoms. The van der Waals surface area contributed by atoms with Crippen LogP contribution in [0, 0.1) is 0 Å². The van der Waals surface area contributed by atoms with E-state index in [0.29, 0.717) is 0 Å². The summed E-state index contributed by atoms with van der Waals surface area (Å²) in [5.41, 5.74) is 36.7. The van der Waals surface area contributed by atoms with Crippen molar-refractivity contribution < 1.29 is 0 Å². The van der Waals surface area contributed by atoms with Gasteiger partial charge in [0.05, 0.1) is 16.6 Å². The normalized spacial score (nSPS) is 20.1. The summed E-state index contributed by atoms with van der Waals surface area (Å²) in [5, 5.41) is 4.58. The summed E-state index contributed by atoms with van der Waals surface area (Å²) in [7, 11) is 0. The van der Waals surface area contributed by atoms with Crippen LogP contribution in [0.3, 0.4) is 0 Å². The van der Waals surface area contributed by atoms with E-state index in [-0.39, 0.29) is 50.0 Å². The maximum atomic E-state index is 2.96. The predicted molar refractivity (Wildman–Crippen MR) is 367 cm³/mol. The first kappa shape index (κ1) is 53.4. The van der Waals surface area contributed by atoms with Crippen molar-refractivity contribution in [3.8, 4) is 44.9 Å². The fraction of sp³-hybridized carbons (Fsp3) is 0.398. The predicted octanol–water partition coefficient (Wildman–Crippen LogP) is 19.5. The Morgan fingerprint density at radius 2 is 0.791 bits per heavy atom. The van der Waals surface area contributed by atoms with E-state index >= 15 is 0 Å². The lowest BCUT2D eigenvalue weighted by atomic mass is 9.33. The molecule has 432 valence electrons. The van der Waals surface area contributed by atoms with Crippen LogP contribution < -0.4 is 16.4 Å². The Bertz CT molecular complexity index is 4700. The second kappa shape index (κ2) is 16.1. The van der Waals surface area contributed by atoms with Gasteiger partial charge in [-0.15, -0.1) is 0 Å². The van der Waals surface area contributed by atoms with E-state index in [0.717, 1.165) is 38.5 Å². The van der Waals surface area contributed by atoms with Gasteiger partial charge in [0.1, 0.15) is 0 Å². The molecule has 0 radical (unpaired) electrons. The Labute approximate surface area is 512 Å². The number of aromatic nitrogens is 2. The van der Waals surface area contributed by atoms with E-state index in [1.165, 1.54) is 117 Å².